The van der Waals surface area contributed by atoms with Crippen molar-refractivity contribution in [2.24, 2.45) is 0 Å². The molecular weight excluding hydrogens is 408 g/mol. The second kappa shape index (κ2) is 9.28. The first-order valence-corrected chi connectivity index (χ1v) is 12.0. The zero-order valence-corrected chi connectivity index (χ0v) is 18.9. The first kappa shape index (κ1) is 20.3. The summed E-state index contributed by atoms with van der Waals surface area (Å²) >= 11 is 1.70. The number of piperidine rings is 1. The Morgan fingerprint density at radius 3 is 2.32 bits per heavy atom. The van der Waals surface area contributed by atoms with Gasteiger partial charge in [0.25, 0.3) is 0 Å². The van der Waals surface area contributed by atoms with Crippen molar-refractivity contribution in [3.8, 4) is 10.9 Å². The van der Waals surface area contributed by atoms with Gasteiger partial charge in [0.05, 0.1) is 7.11 Å². The first-order valence-electron chi connectivity index (χ1n) is 11.2. The summed E-state index contributed by atoms with van der Waals surface area (Å²) in [6.45, 7) is 7.30. The van der Waals surface area contributed by atoms with Gasteiger partial charge in [-0.25, -0.2) is 0 Å². The molecule has 2 fully saturated rings. The SMILES string of the molecule is COc1ccc(N2CCN(Cc3cccn3-c3nnc(N4CCCCC4)s3)CC2)cc1. The molecule has 2 saturated heterocycles. The lowest BCUT2D eigenvalue weighted by Gasteiger charge is -2.36. The molecule has 0 spiro atoms. The normalized spacial score (nSPS) is 17.8. The quantitative estimate of drug-likeness (QED) is 0.586. The standard InChI is InChI=1S/C23H30N6OS/c1-30-21-9-7-19(8-10-21)27-16-14-26(15-17-27)18-20-6-5-13-29(20)23-25-24-22(31-23)28-11-3-2-4-12-28/h5-10,13H,2-4,11-12,14-18H2,1H3. The molecule has 7 nitrogen and oxygen atoms in total. The molecule has 3 aromatic rings. The van der Waals surface area contributed by atoms with Gasteiger partial charge in [-0.05, 0) is 55.7 Å². The highest BCUT2D eigenvalue weighted by molar-refractivity contribution is 7.17. The highest BCUT2D eigenvalue weighted by atomic mass is 32.1. The second-order valence-electron chi connectivity index (χ2n) is 8.25. The van der Waals surface area contributed by atoms with E-state index in [4.69, 9.17) is 4.74 Å². The van der Waals surface area contributed by atoms with E-state index in [1.54, 1.807) is 18.4 Å². The Morgan fingerprint density at radius 2 is 1.58 bits per heavy atom. The third kappa shape index (κ3) is 4.55. The topological polar surface area (TPSA) is 49.7 Å². The summed E-state index contributed by atoms with van der Waals surface area (Å²) in [7, 11) is 1.71. The molecule has 0 N–H and O–H groups in total. The fourth-order valence-electron chi connectivity index (χ4n) is 4.44. The largest absolute Gasteiger partial charge is 0.497 e. The van der Waals surface area contributed by atoms with Gasteiger partial charge in [-0.3, -0.25) is 9.47 Å². The van der Waals surface area contributed by atoms with Gasteiger partial charge >= 0.3 is 0 Å². The van der Waals surface area contributed by atoms with Gasteiger partial charge in [0.1, 0.15) is 5.75 Å². The van der Waals surface area contributed by atoms with Gasteiger partial charge in [-0.1, -0.05) is 11.3 Å². The highest BCUT2D eigenvalue weighted by Crippen LogP contribution is 2.27. The lowest BCUT2D eigenvalue weighted by Crippen LogP contribution is -2.46. The maximum atomic E-state index is 5.28. The molecule has 31 heavy (non-hydrogen) atoms. The zero-order valence-electron chi connectivity index (χ0n) is 18.1. The Labute approximate surface area is 187 Å². The molecule has 2 aliphatic heterocycles. The van der Waals surface area contributed by atoms with E-state index in [9.17, 15) is 0 Å². The summed E-state index contributed by atoms with van der Waals surface area (Å²) in [5, 5.41) is 11.0. The van der Waals surface area contributed by atoms with Crippen LogP contribution < -0.4 is 14.5 Å². The predicted molar refractivity (Wildman–Crippen MR) is 126 cm³/mol. The van der Waals surface area contributed by atoms with Crippen LogP contribution >= 0.6 is 11.3 Å². The van der Waals surface area contributed by atoms with Crippen LogP contribution in [0.15, 0.2) is 42.6 Å². The molecule has 8 heteroatoms. The lowest BCUT2D eigenvalue weighted by molar-refractivity contribution is 0.246. The van der Waals surface area contributed by atoms with Crippen LogP contribution in [0, 0.1) is 0 Å². The van der Waals surface area contributed by atoms with Crippen molar-refractivity contribution in [2.45, 2.75) is 25.8 Å². The molecule has 0 radical (unpaired) electrons. The van der Waals surface area contributed by atoms with Gasteiger partial charge in [0.2, 0.25) is 10.3 Å². The summed E-state index contributed by atoms with van der Waals surface area (Å²) in [5.74, 6) is 0.906. The molecule has 0 saturated carbocycles. The van der Waals surface area contributed by atoms with Crippen LogP contribution in [-0.4, -0.2) is 66.0 Å². The Morgan fingerprint density at radius 1 is 0.839 bits per heavy atom. The molecule has 0 atom stereocenters. The lowest BCUT2D eigenvalue weighted by atomic mass is 10.1. The zero-order chi connectivity index (χ0) is 21.0. The number of methoxy groups -OCH3 is 1. The summed E-state index contributed by atoms with van der Waals surface area (Å²) in [6, 6.07) is 12.7. The third-order valence-electron chi connectivity index (χ3n) is 6.26. The number of aromatic nitrogens is 3. The molecule has 1 aromatic carbocycles. The van der Waals surface area contributed by atoms with Crippen molar-refractivity contribution in [3.05, 3.63) is 48.3 Å². The van der Waals surface area contributed by atoms with Crippen molar-refractivity contribution in [3.63, 3.8) is 0 Å². The smallest absolute Gasteiger partial charge is 0.218 e. The molecule has 164 valence electrons. The molecule has 0 bridgehead atoms. The minimum absolute atomic E-state index is 0.906. The van der Waals surface area contributed by atoms with E-state index in [0.29, 0.717) is 0 Å². The Bertz CT molecular complexity index is 970. The molecule has 2 aliphatic rings. The van der Waals surface area contributed by atoms with Gasteiger partial charge in [-0.15, -0.1) is 10.2 Å². The average molecular weight is 439 g/mol. The molecule has 0 amide bonds. The number of piperazine rings is 1. The van der Waals surface area contributed by atoms with Gasteiger partial charge in [-0.2, -0.15) is 0 Å². The number of hydrogen-bond acceptors (Lipinski definition) is 7. The Balaban J connectivity index is 1.20. The summed E-state index contributed by atoms with van der Waals surface area (Å²) in [5.41, 5.74) is 2.54. The molecule has 0 unspecified atom stereocenters. The van der Waals surface area contributed by atoms with Gasteiger partial charge in [0.15, 0.2) is 0 Å². The third-order valence-corrected chi connectivity index (χ3v) is 7.25. The van der Waals surface area contributed by atoms with E-state index in [2.05, 4.69) is 59.9 Å². The Kier molecular flexibility index (Phi) is 6.08. The predicted octanol–water partition coefficient (Wildman–Crippen LogP) is 3.65. The van der Waals surface area contributed by atoms with Crippen LogP contribution in [0.5, 0.6) is 5.75 Å². The van der Waals surface area contributed by atoms with E-state index in [1.807, 2.05) is 12.1 Å². The van der Waals surface area contributed by atoms with Crippen molar-refractivity contribution in [1.82, 2.24) is 19.7 Å². The Hall–Kier alpha value is -2.58. The number of benzene rings is 1. The van der Waals surface area contributed by atoms with Gasteiger partial charge < -0.3 is 14.5 Å². The van der Waals surface area contributed by atoms with E-state index in [-0.39, 0.29) is 0 Å². The molecular formula is C23H30N6OS. The van der Waals surface area contributed by atoms with Crippen molar-refractivity contribution >= 4 is 22.2 Å². The maximum Gasteiger partial charge on any atom is 0.218 e. The fraction of sp³-hybridized carbons (Fsp3) is 0.478. The minimum Gasteiger partial charge on any atom is -0.497 e. The van der Waals surface area contributed by atoms with E-state index in [0.717, 1.165) is 61.8 Å². The van der Waals surface area contributed by atoms with Crippen molar-refractivity contribution in [2.75, 3.05) is 56.2 Å². The minimum atomic E-state index is 0.906. The van der Waals surface area contributed by atoms with E-state index in [1.165, 1.54) is 30.6 Å². The van der Waals surface area contributed by atoms with Crippen molar-refractivity contribution < 1.29 is 4.74 Å². The van der Waals surface area contributed by atoms with Crippen LogP contribution in [0.25, 0.3) is 5.13 Å². The monoisotopic (exact) mass is 438 g/mol. The number of ether oxygens (including phenoxy) is 1. The van der Waals surface area contributed by atoms with Crippen LogP contribution in [0.1, 0.15) is 25.0 Å². The highest BCUT2D eigenvalue weighted by Gasteiger charge is 2.20. The summed E-state index contributed by atoms with van der Waals surface area (Å²) in [6.07, 6.45) is 5.96. The van der Waals surface area contributed by atoms with Gasteiger partial charge in [0, 0.05) is 63.4 Å². The molecule has 4 heterocycles. The summed E-state index contributed by atoms with van der Waals surface area (Å²) in [4.78, 5) is 7.36. The van der Waals surface area contributed by atoms with Crippen molar-refractivity contribution in [1.29, 1.82) is 0 Å². The van der Waals surface area contributed by atoms with Crippen LogP contribution in [0.3, 0.4) is 0 Å². The number of hydrogen-bond donors (Lipinski definition) is 0. The fourth-order valence-corrected chi connectivity index (χ4v) is 5.35. The number of nitrogens with zero attached hydrogens (tertiary/aromatic N) is 6. The van der Waals surface area contributed by atoms with Crippen LogP contribution in [-0.2, 0) is 6.54 Å². The second-order valence-corrected chi connectivity index (χ2v) is 9.18. The van der Waals surface area contributed by atoms with E-state index >= 15 is 0 Å². The average Bonchev–Trinajstić information content (AvgIpc) is 3.50. The number of anilines is 2. The summed E-state index contributed by atoms with van der Waals surface area (Å²) < 4.78 is 7.48. The molecule has 0 aliphatic carbocycles. The maximum absolute atomic E-state index is 5.28. The number of rotatable bonds is 6. The van der Waals surface area contributed by atoms with Crippen LogP contribution in [0.2, 0.25) is 0 Å². The molecule has 5 rings (SSSR count). The first-order chi connectivity index (χ1) is 15.3. The van der Waals surface area contributed by atoms with Crippen LogP contribution in [0.4, 0.5) is 10.8 Å². The van der Waals surface area contributed by atoms with E-state index < -0.39 is 0 Å². The molecule has 2 aromatic heterocycles.